The van der Waals surface area contributed by atoms with Crippen LogP contribution in [0, 0.1) is 6.92 Å². The molecule has 4 rings (SSSR count). The summed E-state index contributed by atoms with van der Waals surface area (Å²) < 4.78 is 1.49. The summed E-state index contributed by atoms with van der Waals surface area (Å²) >= 11 is 0. The summed E-state index contributed by atoms with van der Waals surface area (Å²) in [7, 11) is 0. The lowest BCUT2D eigenvalue weighted by Gasteiger charge is -2.13. The molecule has 0 spiro atoms. The van der Waals surface area contributed by atoms with Gasteiger partial charge in [0.25, 0.3) is 5.91 Å². The van der Waals surface area contributed by atoms with E-state index in [1.165, 1.54) is 4.68 Å². The number of nitrogens with one attached hydrogen (secondary N) is 2. The van der Waals surface area contributed by atoms with E-state index in [1.54, 1.807) is 31.3 Å². The van der Waals surface area contributed by atoms with Gasteiger partial charge in [-0.05, 0) is 36.8 Å². The van der Waals surface area contributed by atoms with Crippen molar-refractivity contribution in [3.63, 3.8) is 0 Å². The number of benzene rings is 3. The normalized spacial score (nSPS) is 10.5. The zero-order chi connectivity index (χ0) is 21.6. The predicted molar refractivity (Wildman–Crippen MR) is 120 cm³/mol. The lowest BCUT2D eigenvalue weighted by molar-refractivity contribution is -0.116. The average Bonchev–Trinajstić information content (AvgIpc) is 3.25. The maximum Gasteiger partial charge on any atom is 0.256 e. The van der Waals surface area contributed by atoms with Gasteiger partial charge in [0.2, 0.25) is 5.91 Å². The highest BCUT2D eigenvalue weighted by atomic mass is 16.2. The van der Waals surface area contributed by atoms with Gasteiger partial charge < -0.3 is 10.6 Å². The van der Waals surface area contributed by atoms with E-state index < -0.39 is 0 Å². The molecule has 4 aromatic rings. The summed E-state index contributed by atoms with van der Waals surface area (Å²) in [4.78, 5) is 25.2. The summed E-state index contributed by atoms with van der Waals surface area (Å²) in [5.74, 6) is -0.489. The van der Waals surface area contributed by atoms with Crippen LogP contribution in [0.3, 0.4) is 0 Å². The molecule has 0 aliphatic rings. The summed E-state index contributed by atoms with van der Waals surface area (Å²) in [5.41, 5.74) is 4.10. The minimum Gasteiger partial charge on any atom is -0.324 e. The molecule has 0 aliphatic heterocycles. The zero-order valence-electron chi connectivity index (χ0n) is 16.9. The van der Waals surface area contributed by atoms with Crippen LogP contribution in [0.1, 0.15) is 15.9 Å². The number of hydrogen-bond donors (Lipinski definition) is 2. The van der Waals surface area contributed by atoms with E-state index in [4.69, 9.17) is 0 Å². The lowest BCUT2D eigenvalue weighted by Crippen LogP contribution is -2.21. The van der Waals surface area contributed by atoms with Crippen LogP contribution in [0.15, 0.2) is 85.1 Å². The van der Waals surface area contributed by atoms with E-state index in [1.807, 2.05) is 60.7 Å². The molecule has 7 heteroatoms. The van der Waals surface area contributed by atoms with Gasteiger partial charge in [-0.25, -0.2) is 4.68 Å². The largest absolute Gasteiger partial charge is 0.324 e. The molecule has 0 saturated heterocycles. The molecule has 0 bridgehead atoms. The Kier molecular flexibility index (Phi) is 5.84. The van der Waals surface area contributed by atoms with Crippen LogP contribution in [0.4, 0.5) is 11.4 Å². The second-order valence-corrected chi connectivity index (χ2v) is 7.01. The summed E-state index contributed by atoms with van der Waals surface area (Å²) in [6.07, 6.45) is 1.73. The number of hydrogen-bond acceptors (Lipinski definition) is 4. The number of para-hydroxylation sites is 1. The van der Waals surface area contributed by atoms with Gasteiger partial charge in [0.05, 0.1) is 6.20 Å². The number of nitrogens with zero attached hydrogens (tertiary/aromatic N) is 3. The molecule has 31 heavy (non-hydrogen) atoms. The molecular formula is C24H21N5O2. The Morgan fingerprint density at radius 1 is 0.871 bits per heavy atom. The number of amides is 2. The average molecular weight is 411 g/mol. The molecule has 1 heterocycles. The fourth-order valence-corrected chi connectivity index (χ4v) is 3.19. The van der Waals surface area contributed by atoms with E-state index >= 15 is 0 Å². The van der Waals surface area contributed by atoms with Crippen LogP contribution in [0.25, 0.3) is 11.3 Å². The van der Waals surface area contributed by atoms with E-state index in [9.17, 15) is 9.59 Å². The van der Waals surface area contributed by atoms with Gasteiger partial charge in [0.1, 0.15) is 12.2 Å². The smallest absolute Gasteiger partial charge is 0.256 e. The van der Waals surface area contributed by atoms with Gasteiger partial charge in [-0.2, -0.15) is 0 Å². The minimum atomic E-state index is -0.256. The van der Waals surface area contributed by atoms with Crippen molar-refractivity contribution < 1.29 is 9.59 Å². The number of aromatic nitrogens is 3. The molecule has 2 amide bonds. The van der Waals surface area contributed by atoms with Crippen LogP contribution in [0.2, 0.25) is 0 Å². The highest BCUT2D eigenvalue weighted by Gasteiger charge is 2.14. The first kappa shape index (κ1) is 20.0. The van der Waals surface area contributed by atoms with Crippen molar-refractivity contribution in [2.75, 3.05) is 10.6 Å². The fourth-order valence-electron chi connectivity index (χ4n) is 3.19. The Bertz CT molecular complexity index is 1200. The predicted octanol–water partition coefficient (Wildman–Crippen LogP) is 4.14. The zero-order valence-corrected chi connectivity index (χ0v) is 16.9. The van der Waals surface area contributed by atoms with Gasteiger partial charge >= 0.3 is 0 Å². The van der Waals surface area contributed by atoms with Gasteiger partial charge in [-0.3, -0.25) is 9.59 Å². The SMILES string of the molecule is Cc1c(NC(=O)Cn2cc(-c3ccccc3)nn2)cccc1C(=O)Nc1ccccc1. The lowest BCUT2D eigenvalue weighted by atomic mass is 10.1. The van der Waals surface area contributed by atoms with Crippen LogP contribution in [-0.4, -0.2) is 26.8 Å². The van der Waals surface area contributed by atoms with Crippen molar-refractivity contribution in [2.24, 2.45) is 0 Å². The van der Waals surface area contributed by atoms with Crippen LogP contribution < -0.4 is 10.6 Å². The van der Waals surface area contributed by atoms with E-state index in [2.05, 4.69) is 20.9 Å². The molecule has 0 atom stereocenters. The molecule has 7 nitrogen and oxygen atoms in total. The highest BCUT2D eigenvalue weighted by Crippen LogP contribution is 2.21. The molecule has 2 N–H and O–H groups in total. The Morgan fingerprint density at radius 2 is 1.58 bits per heavy atom. The Balaban J connectivity index is 1.43. The molecule has 3 aromatic carbocycles. The molecule has 0 unspecified atom stereocenters. The van der Waals surface area contributed by atoms with Crippen molar-refractivity contribution in [3.8, 4) is 11.3 Å². The summed E-state index contributed by atoms with van der Waals surface area (Å²) in [6, 6.07) is 24.1. The van der Waals surface area contributed by atoms with Crippen molar-refractivity contribution in [2.45, 2.75) is 13.5 Å². The van der Waals surface area contributed by atoms with E-state index in [0.29, 0.717) is 28.2 Å². The maximum atomic E-state index is 12.7. The standard InChI is InChI=1S/C24H21N5O2/c1-17-20(24(31)25-19-11-6-3-7-12-19)13-8-14-21(17)26-23(30)16-29-15-22(27-28-29)18-9-4-2-5-10-18/h2-15H,16H2,1H3,(H,25,31)(H,26,30). The van der Waals surface area contributed by atoms with Crippen LogP contribution in [-0.2, 0) is 11.3 Å². The molecule has 0 radical (unpaired) electrons. The monoisotopic (exact) mass is 411 g/mol. The van der Waals surface area contributed by atoms with Crippen molar-refractivity contribution in [3.05, 3.63) is 96.2 Å². The molecule has 0 aliphatic carbocycles. The van der Waals surface area contributed by atoms with Gasteiger partial charge in [0.15, 0.2) is 0 Å². The quantitative estimate of drug-likeness (QED) is 0.499. The molecule has 154 valence electrons. The third-order valence-corrected chi connectivity index (χ3v) is 4.80. The van der Waals surface area contributed by atoms with Crippen LogP contribution in [0.5, 0.6) is 0 Å². The van der Waals surface area contributed by atoms with Gasteiger partial charge in [-0.15, -0.1) is 5.10 Å². The van der Waals surface area contributed by atoms with Crippen molar-refractivity contribution >= 4 is 23.2 Å². The fraction of sp³-hybridized carbons (Fsp3) is 0.0833. The third-order valence-electron chi connectivity index (χ3n) is 4.80. The molecular weight excluding hydrogens is 390 g/mol. The van der Waals surface area contributed by atoms with Gasteiger partial charge in [-0.1, -0.05) is 59.8 Å². The molecule has 0 saturated carbocycles. The van der Waals surface area contributed by atoms with E-state index in [0.717, 1.165) is 5.56 Å². The first-order chi connectivity index (χ1) is 15.1. The topological polar surface area (TPSA) is 88.9 Å². The number of carbonyl (C=O) groups excluding carboxylic acids is 2. The number of carbonyl (C=O) groups is 2. The summed E-state index contributed by atoms with van der Waals surface area (Å²) in [5, 5.41) is 13.9. The third kappa shape index (κ3) is 4.84. The van der Waals surface area contributed by atoms with Gasteiger partial charge in [0, 0.05) is 22.5 Å². The van der Waals surface area contributed by atoms with Crippen molar-refractivity contribution in [1.29, 1.82) is 0 Å². The number of anilines is 2. The number of rotatable bonds is 6. The Labute approximate surface area is 179 Å². The van der Waals surface area contributed by atoms with Crippen LogP contribution >= 0.6 is 0 Å². The molecule has 0 fully saturated rings. The second kappa shape index (κ2) is 9.04. The summed E-state index contributed by atoms with van der Waals surface area (Å²) in [6.45, 7) is 1.82. The minimum absolute atomic E-state index is 0.0136. The Hall–Kier alpha value is -4.26. The highest BCUT2D eigenvalue weighted by molar-refractivity contribution is 6.06. The molecule has 1 aromatic heterocycles. The van der Waals surface area contributed by atoms with Crippen molar-refractivity contribution in [1.82, 2.24) is 15.0 Å². The van der Waals surface area contributed by atoms with E-state index in [-0.39, 0.29) is 18.4 Å². The maximum absolute atomic E-state index is 12.7. The first-order valence-electron chi connectivity index (χ1n) is 9.81. The Morgan fingerprint density at radius 3 is 2.32 bits per heavy atom. The first-order valence-corrected chi connectivity index (χ1v) is 9.81. The second-order valence-electron chi connectivity index (χ2n) is 7.01.